The van der Waals surface area contributed by atoms with Gasteiger partial charge in [0.05, 0.1) is 26.2 Å². The van der Waals surface area contributed by atoms with E-state index in [4.69, 9.17) is 55.5 Å². The zero-order chi connectivity index (χ0) is 53.7. The minimum atomic E-state index is -5.21. The third-order valence-electron chi connectivity index (χ3n) is 13.5. The van der Waals surface area contributed by atoms with E-state index in [0.717, 1.165) is 82.1 Å². The number of halogens is 2. The molecule has 2 aromatic rings. The van der Waals surface area contributed by atoms with Crippen molar-refractivity contribution in [3.05, 3.63) is 58.6 Å². The summed E-state index contributed by atoms with van der Waals surface area (Å²) in [5.74, 6) is -0.335. The highest BCUT2D eigenvalue weighted by atomic mass is 35.5. The second kappa shape index (κ2) is 34.6. The summed E-state index contributed by atoms with van der Waals surface area (Å²) in [6, 6.07) is 12.8. The van der Waals surface area contributed by atoms with Crippen molar-refractivity contribution in [3.8, 4) is 11.5 Å². The van der Waals surface area contributed by atoms with Crippen LogP contribution in [-0.4, -0.2) is 101 Å². The Morgan fingerprint density at radius 1 is 0.699 bits per heavy atom. The smallest absolute Gasteiger partial charge is 0.397 e. The van der Waals surface area contributed by atoms with E-state index >= 15 is 0 Å². The Morgan fingerprint density at radius 2 is 1.16 bits per heavy atom. The summed E-state index contributed by atoms with van der Waals surface area (Å²) < 4.78 is 75.7. The van der Waals surface area contributed by atoms with E-state index in [0.29, 0.717) is 55.4 Å². The summed E-state index contributed by atoms with van der Waals surface area (Å²) in [5.41, 5.74) is 0. The highest BCUT2D eigenvalue weighted by molar-refractivity contribution is 7.80. The first-order valence-electron chi connectivity index (χ1n) is 26.8. The van der Waals surface area contributed by atoms with Crippen LogP contribution in [0.25, 0.3) is 0 Å². The number of esters is 2. The molecule has 73 heavy (non-hydrogen) atoms. The lowest BCUT2D eigenvalue weighted by Crippen LogP contribution is -2.66. The molecule has 0 spiro atoms. The van der Waals surface area contributed by atoms with E-state index in [1.165, 1.54) is 25.7 Å². The number of unbranched alkanes of at least 4 members (excludes halogenated alkanes) is 16. The maximum atomic E-state index is 14.0. The number of ether oxygens (including phenoxy) is 5. The monoisotopic (exact) mass is 1100 g/mol. The molecular formula is C54H87Cl2NO14SSi. The Bertz CT molecular complexity index is 1970. The summed E-state index contributed by atoms with van der Waals surface area (Å²) >= 11 is 11.9. The summed E-state index contributed by atoms with van der Waals surface area (Å²) in [6.45, 7) is 13.0. The van der Waals surface area contributed by atoms with Gasteiger partial charge in [-0.15, -0.1) is 0 Å². The number of hydrogen-bond acceptors (Lipinski definition) is 13. The fraction of sp³-hybridized carbons (Fsp3) is 0.722. The van der Waals surface area contributed by atoms with Crippen LogP contribution in [0.5, 0.6) is 11.5 Å². The van der Waals surface area contributed by atoms with Crippen molar-refractivity contribution in [1.82, 2.24) is 5.32 Å². The number of carbonyl (C=O) groups is 3. The zero-order valence-electron chi connectivity index (χ0n) is 44.4. The summed E-state index contributed by atoms with van der Waals surface area (Å²) in [6.07, 6.45) is 10.3. The van der Waals surface area contributed by atoms with Gasteiger partial charge in [0.1, 0.15) is 35.9 Å². The van der Waals surface area contributed by atoms with Crippen LogP contribution in [0, 0.1) is 0 Å². The largest absolute Gasteiger partial charge is 0.494 e. The van der Waals surface area contributed by atoms with Crippen molar-refractivity contribution in [2.24, 2.45) is 0 Å². The molecule has 1 amide bonds. The SMILES string of the molecule is CCCCCCCCCCC[C@@H](CC(=O)N[C@H]1C(O)O[C@H](CO[Si](C)(C)C(C)(C)C)[C@@H](OS(=O)(=O)O)[C@@H]1OC(=O)CCCCCCCOc1ccc(Cl)cc1)OC(=O)CCCCCCCOc1ccc(Cl)cc1. The highest BCUT2D eigenvalue weighted by Crippen LogP contribution is 2.38. The van der Waals surface area contributed by atoms with Crippen LogP contribution in [0.2, 0.25) is 28.2 Å². The van der Waals surface area contributed by atoms with Gasteiger partial charge in [-0.2, -0.15) is 8.42 Å². The molecule has 0 aromatic heterocycles. The lowest BCUT2D eigenvalue weighted by atomic mass is 9.96. The number of aliphatic hydroxyl groups excluding tert-OH is 1. The van der Waals surface area contributed by atoms with Crippen LogP contribution in [-0.2, 0) is 47.6 Å². The molecule has 1 heterocycles. The van der Waals surface area contributed by atoms with E-state index in [-0.39, 0.29) is 30.9 Å². The van der Waals surface area contributed by atoms with Gasteiger partial charge in [0.15, 0.2) is 20.7 Å². The van der Waals surface area contributed by atoms with Crippen LogP contribution >= 0.6 is 23.2 Å². The molecule has 1 fully saturated rings. The molecule has 416 valence electrons. The average Bonchev–Trinajstić information content (AvgIpc) is 3.32. The molecule has 3 rings (SSSR count). The lowest BCUT2D eigenvalue weighted by Gasteiger charge is -2.45. The number of aliphatic hydroxyl groups is 1. The van der Waals surface area contributed by atoms with Gasteiger partial charge in [-0.25, -0.2) is 4.18 Å². The van der Waals surface area contributed by atoms with Crippen molar-refractivity contribution < 1.29 is 64.8 Å². The van der Waals surface area contributed by atoms with Crippen molar-refractivity contribution >= 4 is 59.8 Å². The quantitative estimate of drug-likeness (QED) is 0.0248. The molecule has 15 nitrogen and oxygen atoms in total. The van der Waals surface area contributed by atoms with E-state index in [1.54, 1.807) is 36.4 Å². The molecule has 3 N–H and O–H groups in total. The van der Waals surface area contributed by atoms with Gasteiger partial charge < -0.3 is 38.5 Å². The second-order valence-electron chi connectivity index (χ2n) is 20.7. The standard InChI is InChI=1S/C54H87Cl2NO14SSi/c1-7-8-9-10-11-12-13-16-21-26-45(68-48(59)27-22-17-14-19-24-37-65-43-33-29-41(55)30-34-43)39-47(58)57-50-52(70-49(60)28-23-18-15-20-25-38-66-44-35-31-42(56)32-36-44)51(71-72(62,63)64)46(69-53(50)61)40-67-73(5,6)54(2,3)4/h29-36,45-46,50-53,61H,7-28,37-40H2,1-6H3,(H,57,58)(H,62,63,64)/t45-,46+,50+,51+,52+,53?/m0/s1. The Morgan fingerprint density at radius 3 is 1.66 bits per heavy atom. The van der Waals surface area contributed by atoms with E-state index in [2.05, 4.69) is 12.2 Å². The summed E-state index contributed by atoms with van der Waals surface area (Å²) in [4.78, 5) is 40.9. The van der Waals surface area contributed by atoms with Crippen LogP contribution in [0.3, 0.4) is 0 Å². The van der Waals surface area contributed by atoms with Gasteiger partial charge in [-0.05, 0) is 105 Å². The molecule has 0 saturated carbocycles. The number of nitrogens with one attached hydrogen (secondary N) is 1. The van der Waals surface area contributed by atoms with Gasteiger partial charge >= 0.3 is 22.3 Å². The van der Waals surface area contributed by atoms with Gasteiger partial charge in [0, 0.05) is 22.9 Å². The lowest BCUT2D eigenvalue weighted by molar-refractivity contribution is -0.253. The second-order valence-corrected chi connectivity index (χ2v) is 27.5. The normalized spacial score (nSPS) is 18.7. The first-order chi connectivity index (χ1) is 34.7. The Labute approximate surface area is 447 Å². The van der Waals surface area contributed by atoms with Crippen molar-refractivity contribution in [1.29, 1.82) is 0 Å². The predicted octanol–water partition coefficient (Wildman–Crippen LogP) is 12.7. The molecular weight excluding hydrogens is 1020 g/mol. The maximum absolute atomic E-state index is 14.0. The van der Waals surface area contributed by atoms with Crippen LogP contribution in [0.4, 0.5) is 0 Å². The number of amides is 1. The molecule has 0 radical (unpaired) electrons. The molecule has 0 aliphatic carbocycles. The summed E-state index contributed by atoms with van der Waals surface area (Å²) in [5, 5.41) is 15.2. The third-order valence-corrected chi connectivity index (χ3v) is 18.9. The molecule has 1 saturated heterocycles. The van der Waals surface area contributed by atoms with Crippen molar-refractivity contribution in [3.63, 3.8) is 0 Å². The van der Waals surface area contributed by atoms with Gasteiger partial charge in [-0.3, -0.25) is 18.9 Å². The maximum Gasteiger partial charge on any atom is 0.397 e. The predicted molar refractivity (Wildman–Crippen MR) is 288 cm³/mol. The highest BCUT2D eigenvalue weighted by Gasteiger charge is 2.52. The minimum absolute atomic E-state index is 0.0609. The van der Waals surface area contributed by atoms with E-state index in [1.807, 2.05) is 46.0 Å². The first-order valence-corrected chi connectivity index (χ1v) is 31.8. The fourth-order valence-corrected chi connectivity index (χ4v) is 9.93. The number of rotatable bonds is 38. The first kappa shape index (κ1) is 64.3. The van der Waals surface area contributed by atoms with Gasteiger partial charge in [-0.1, -0.05) is 141 Å². The molecule has 0 bridgehead atoms. The third kappa shape index (κ3) is 27.6. The fourth-order valence-electron chi connectivity index (χ4n) is 8.15. The Hall–Kier alpha value is -3.00. The van der Waals surface area contributed by atoms with Crippen LogP contribution < -0.4 is 14.8 Å². The van der Waals surface area contributed by atoms with E-state index < -0.39 is 73.3 Å². The Balaban J connectivity index is 1.68. The molecule has 1 aliphatic heterocycles. The van der Waals surface area contributed by atoms with E-state index in [9.17, 15) is 32.5 Å². The summed E-state index contributed by atoms with van der Waals surface area (Å²) in [7, 11) is -7.71. The number of hydrogen-bond donors (Lipinski definition) is 3. The number of benzene rings is 2. The molecule has 2 aromatic carbocycles. The topological polar surface area (TPSA) is 202 Å². The number of carbonyl (C=O) groups excluding carboxylic acids is 3. The van der Waals surface area contributed by atoms with Crippen molar-refractivity contribution in [2.75, 3.05) is 19.8 Å². The van der Waals surface area contributed by atoms with Crippen molar-refractivity contribution in [2.45, 2.75) is 230 Å². The average molecular weight is 1110 g/mol. The molecule has 19 heteroatoms. The van der Waals surface area contributed by atoms with Gasteiger partial charge in [0.2, 0.25) is 5.91 Å². The molecule has 6 atom stereocenters. The molecule has 1 unspecified atom stereocenters. The van der Waals surface area contributed by atoms with Gasteiger partial charge in [0.25, 0.3) is 0 Å². The van der Waals surface area contributed by atoms with Crippen LogP contribution in [0.15, 0.2) is 48.5 Å². The zero-order valence-corrected chi connectivity index (χ0v) is 47.8. The van der Waals surface area contributed by atoms with Crippen LogP contribution in [0.1, 0.15) is 175 Å². The Kier molecular flexibility index (Phi) is 30.5. The minimum Gasteiger partial charge on any atom is -0.494 e. The molecule has 1 aliphatic rings.